The molecule has 1 aliphatic heterocycles. The second-order valence-electron chi connectivity index (χ2n) is 6.96. The fourth-order valence-corrected chi connectivity index (χ4v) is 3.95. The zero-order valence-corrected chi connectivity index (χ0v) is 13.8. The van der Waals surface area contributed by atoms with Crippen molar-refractivity contribution >= 4 is 5.91 Å². The summed E-state index contributed by atoms with van der Waals surface area (Å²) < 4.78 is 0. The average molecular weight is 296 g/mol. The van der Waals surface area contributed by atoms with Crippen LogP contribution in [0.25, 0.3) is 0 Å². The second kappa shape index (κ2) is 7.59. The SMILES string of the molecule is CCC(C)NC(=O)C(C)N1CCCCC1C1CCCC1O. The highest BCUT2D eigenvalue weighted by Crippen LogP contribution is 2.36. The maximum atomic E-state index is 12.4. The van der Waals surface area contributed by atoms with E-state index in [1.807, 2.05) is 6.92 Å². The van der Waals surface area contributed by atoms with E-state index in [2.05, 4.69) is 24.1 Å². The predicted octanol–water partition coefficient (Wildman–Crippen LogP) is 2.31. The molecule has 2 rings (SSSR count). The summed E-state index contributed by atoms with van der Waals surface area (Å²) >= 11 is 0. The Morgan fingerprint density at radius 2 is 2.00 bits per heavy atom. The minimum atomic E-state index is -0.166. The summed E-state index contributed by atoms with van der Waals surface area (Å²) in [7, 11) is 0. The van der Waals surface area contributed by atoms with E-state index in [0.717, 1.165) is 38.6 Å². The van der Waals surface area contributed by atoms with E-state index >= 15 is 0 Å². The molecule has 1 aliphatic carbocycles. The molecule has 2 aliphatic rings. The molecule has 4 heteroatoms. The fraction of sp³-hybridized carbons (Fsp3) is 0.941. The summed E-state index contributed by atoms with van der Waals surface area (Å²) in [5, 5.41) is 13.3. The first-order valence-electron chi connectivity index (χ1n) is 8.78. The highest BCUT2D eigenvalue weighted by molar-refractivity contribution is 5.81. The Morgan fingerprint density at radius 3 is 2.62 bits per heavy atom. The van der Waals surface area contributed by atoms with Gasteiger partial charge in [0, 0.05) is 18.0 Å². The molecule has 21 heavy (non-hydrogen) atoms. The molecule has 122 valence electrons. The lowest BCUT2D eigenvalue weighted by Crippen LogP contribution is -2.55. The minimum absolute atomic E-state index is 0.0860. The largest absolute Gasteiger partial charge is 0.393 e. The molecule has 1 saturated carbocycles. The zero-order valence-electron chi connectivity index (χ0n) is 13.8. The summed E-state index contributed by atoms with van der Waals surface area (Å²) in [5.41, 5.74) is 0. The molecule has 0 spiro atoms. The van der Waals surface area contributed by atoms with Crippen LogP contribution in [0.3, 0.4) is 0 Å². The molecule has 0 aromatic heterocycles. The third-order valence-electron chi connectivity index (χ3n) is 5.50. The lowest BCUT2D eigenvalue weighted by Gasteiger charge is -2.43. The van der Waals surface area contributed by atoms with Gasteiger partial charge < -0.3 is 10.4 Å². The Kier molecular flexibility index (Phi) is 6.06. The van der Waals surface area contributed by atoms with Crippen molar-refractivity contribution in [1.82, 2.24) is 10.2 Å². The lowest BCUT2D eigenvalue weighted by molar-refractivity contribution is -0.129. The first-order valence-corrected chi connectivity index (χ1v) is 8.78. The summed E-state index contributed by atoms with van der Waals surface area (Å²) in [4.78, 5) is 14.8. The summed E-state index contributed by atoms with van der Waals surface area (Å²) in [6.45, 7) is 7.16. The van der Waals surface area contributed by atoms with Crippen LogP contribution < -0.4 is 5.32 Å². The van der Waals surface area contributed by atoms with Gasteiger partial charge in [0.1, 0.15) is 0 Å². The highest BCUT2D eigenvalue weighted by Gasteiger charge is 2.39. The van der Waals surface area contributed by atoms with Crippen LogP contribution in [0.5, 0.6) is 0 Å². The molecule has 1 heterocycles. The van der Waals surface area contributed by atoms with Crippen molar-refractivity contribution < 1.29 is 9.90 Å². The molecule has 5 atom stereocenters. The van der Waals surface area contributed by atoms with Gasteiger partial charge in [-0.05, 0) is 52.5 Å². The van der Waals surface area contributed by atoms with Crippen LogP contribution in [0.1, 0.15) is 65.7 Å². The van der Waals surface area contributed by atoms with E-state index in [0.29, 0.717) is 12.0 Å². The predicted molar refractivity (Wildman–Crippen MR) is 85.1 cm³/mol. The number of hydrogen-bond donors (Lipinski definition) is 2. The van der Waals surface area contributed by atoms with E-state index in [-0.39, 0.29) is 24.1 Å². The van der Waals surface area contributed by atoms with E-state index in [1.54, 1.807) is 0 Å². The quantitative estimate of drug-likeness (QED) is 0.818. The molecule has 2 N–H and O–H groups in total. The number of hydrogen-bond acceptors (Lipinski definition) is 3. The van der Waals surface area contributed by atoms with Gasteiger partial charge >= 0.3 is 0 Å². The Hall–Kier alpha value is -0.610. The van der Waals surface area contributed by atoms with Gasteiger partial charge in [-0.1, -0.05) is 19.8 Å². The maximum absolute atomic E-state index is 12.4. The van der Waals surface area contributed by atoms with Crippen LogP contribution in [0, 0.1) is 5.92 Å². The molecule has 4 nitrogen and oxygen atoms in total. The number of carbonyl (C=O) groups excluding carboxylic acids is 1. The van der Waals surface area contributed by atoms with Crippen LogP contribution in [0.2, 0.25) is 0 Å². The summed E-state index contributed by atoms with van der Waals surface area (Å²) in [5.74, 6) is 0.507. The van der Waals surface area contributed by atoms with Gasteiger partial charge in [0.25, 0.3) is 0 Å². The van der Waals surface area contributed by atoms with Crippen LogP contribution in [-0.4, -0.2) is 46.7 Å². The van der Waals surface area contributed by atoms with E-state index in [9.17, 15) is 9.90 Å². The van der Waals surface area contributed by atoms with Crippen molar-refractivity contribution in [3.63, 3.8) is 0 Å². The van der Waals surface area contributed by atoms with Crippen LogP contribution in [0.4, 0.5) is 0 Å². The third kappa shape index (κ3) is 3.98. The van der Waals surface area contributed by atoms with Gasteiger partial charge in [-0.3, -0.25) is 9.69 Å². The van der Waals surface area contributed by atoms with E-state index in [4.69, 9.17) is 0 Å². The number of aliphatic hydroxyl groups excluding tert-OH is 1. The first-order chi connectivity index (χ1) is 10.0. The van der Waals surface area contributed by atoms with Gasteiger partial charge in [-0.2, -0.15) is 0 Å². The van der Waals surface area contributed by atoms with Gasteiger partial charge in [0.2, 0.25) is 5.91 Å². The Balaban J connectivity index is 2.02. The normalized spacial score (nSPS) is 33.6. The number of amides is 1. The molecule has 1 amide bonds. The standard InChI is InChI=1S/C17H32N2O2/c1-4-12(2)18-17(21)13(3)19-11-6-5-9-15(19)14-8-7-10-16(14)20/h12-16,20H,4-11H2,1-3H3,(H,18,21). The van der Waals surface area contributed by atoms with Crippen molar-refractivity contribution in [2.24, 2.45) is 5.92 Å². The van der Waals surface area contributed by atoms with Crippen molar-refractivity contribution in [3.05, 3.63) is 0 Å². The molecular weight excluding hydrogens is 264 g/mol. The smallest absolute Gasteiger partial charge is 0.237 e. The van der Waals surface area contributed by atoms with Crippen molar-refractivity contribution in [3.8, 4) is 0 Å². The Bertz CT molecular complexity index is 348. The summed E-state index contributed by atoms with van der Waals surface area (Å²) in [6, 6.07) is 0.534. The molecule has 2 fully saturated rings. The Morgan fingerprint density at radius 1 is 1.24 bits per heavy atom. The molecule has 0 aromatic carbocycles. The van der Waals surface area contributed by atoms with E-state index in [1.165, 1.54) is 12.8 Å². The molecule has 0 aromatic rings. The number of nitrogens with zero attached hydrogens (tertiary/aromatic N) is 1. The van der Waals surface area contributed by atoms with Crippen molar-refractivity contribution in [2.45, 2.75) is 89.9 Å². The lowest BCUT2D eigenvalue weighted by atomic mass is 9.86. The monoisotopic (exact) mass is 296 g/mol. The van der Waals surface area contributed by atoms with Gasteiger partial charge in [-0.25, -0.2) is 0 Å². The molecule has 5 unspecified atom stereocenters. The molecule has 0 bridgehead atoms. The average Bonchev–Trinajstić information content (AvgIpc) is 2.92. The Labute approximate surface area is 129 Å². The van der Waals surface area contributed by atoms with Crippen LogP contribution >= 0.6 is 0 Å². The molecule has 1 saturated heterocycles. The van der Waals surface area contributed by atoms with Crippen molar-refractivity contribution in [2.75, 3.05) is 6.54 Å². The van der Waals surface area contributed by atoms with Gasteiger partial charge in [0.15, 0.2) is 0 Å². The number of nitrogens with one attached hydrogen (secondary N) is 1. The van der Waals surface area contributed by atoms with E-state index < -0.39 is 0 Å². The topological polar surface area (TPSA) is 52.6 Å². The van der Waals surface area contributed by atoms with Crippen LogP contribution in [0.15, 0.2) is 0 Å². The maximum Gasteiger partial charge on any atom is 0.237 e. The fourth-order valence-electron chi connectivity index (χ4n) is 3.95. The number of rotatable bonds is 5. The number of carbonyl (C=O) groups is 1. The first kappa shape index (κ1) is 16.8. The minimum Gasteiger partial charge on any atom is -0.393 e. The van der Waals surface area contributed by atoms with Crippen molar-refractivity contribution in [1.29, 1.82) is 0 Å². The third-order valence-corrected chi connectivity index (χ3v) is 5.50. The van der Waals surface area contributed by atoms with Crippen LogP contribution in [-0.2, 0) is 4.79 Å². The van der Waals surface area contributed by atoms with Gasteiger partial charge in [0.05, 0.1) is 12.1 Å². The summed E-state index contributed by atoms with van der Waals surface area (Å²) in [6.07, 6.45) is 7.49. The number of aliphatic hydroxyl groups is 1. The molecule has 0 radical (unpaired) electrons. The second-order valence-corrected chi connectivity index (χ2v) is 6.96. The zero-order chi connectivity index (χ0) is 15.4. The number of piperidine rings is 1. The highest BCUT2D eigenvalue weighted by atomic mass is 16.3. The van der Waals surface area contributed by atoms with Gasteiger partial charge in [-0.15, -0.1) is 0 Å². The number of likely N-dealkylation sites (tertiary alicyclic amines) is 1. The molecular formula is C17H32N2O2.